The largest absolute Gasteiger partial charge is 0.508 e. The molecule has 3 rings (SSSR count). The van der Waals surface area contributed by atoms with Crippen LogP contribution in [0.1, 0.15) is 22.3 Å². The summed E-state index contributed by atoms with van der Waals surface area (Å²) in [6.45, 7) is 0. The maximum absolute atomic E-state index is 13.3. The molecule has 0 atom stereocenters. The quantitative estimate of drug-likeness (QED) is 0.623. The van der Waals surface area contributed by atoms with E-state index in [4.69, 9.17) is 9.84 Å². The van der Waals surface area contributed by atoms with Crippen molar-refractivity contribution in [3.05, 3.63) is 83.9 Å². The molecule has 0 saturated carbocycles. The number of amides is 1. The van der Waals surface area contributed by atoms with Gasteiger partial charge >= 0.3 is 5.97 Å². The predicted octanol–water partition coefficient (Wildman–Crippen LogP) is 4.40. The number of hydrogen-bond acceptors (Lipinski definition) is 4. The zero-order valence-electron chi connectivity index (χ0n) is 15.9. The molecule has 148 valence electrons. The Kier molecular flexibility index (Phi) is 6.14. The van der Waals surface area contributed by atoms with Gasteiger partial charge in [-0.25, -0.2) is 0 Å². The Bertz CT molecular complexity index is 979. The van der Waals surface area contributed by atoms with Crippen molar-refractivity contribution >= 4 is 23.3 Å². The lowest BCUT2D eigenvalue weighted by molar-refractivity contribution is -0.136. The SMILES string of the molecule is COc1ccc(N(C(=O)c2ccc(CCC(=O)O)cc2)c2ccc(O)cc2)cc1. The van der Waals surface area contributed by atoms with Crippen molar-refractivity contribution in [2.75, 3.05) is 12.0 Å². The van der Waals surface area contributed by atoms with Crippen molar-refractivity contribution in [1.29, 1.82) is 0 Å². The van der Waals surface area contributed by atoms with E-state index in [-0.39, 0.29) is 18.1 Å². The molecule has 0 saturated heterocycles. The van der Waals surface area contributed by atoms with Crippen molar-refractivity contribution in [3.63, 3.8) is 0 Å². The zero-order chi connectivity index (χ0) is 20.8. The van der Waals surface area contributed by atoms with Crippen LogP contribution >= 0.6 is 0 Å². The molecule has 6 heteroatoms. The Hall–Kier alpha value is -3.80. The van der Waals surface area contributed by atoms with Gasteiger partial charge in [0, 0.05) is 23.4 Å². The molecular weight excluding hydrogens is 370 g/mol. The van der Waals surface area contributed by atoms with Crippen molar-refractivity contribution in [2.24, 2.45) is 0 Å². The highest BCUT2D eigenvalue weighted by Gasteiger charge is 2.20. The highest BCUT2D eigenvalue weighted by Crippen LogP contribution is 2.30. The van der Waals surface area contributed by atoms with Gasteiger partial charge in [0.25, 0.3) is 5.91 Å². The van der Waals surface area contributed by atoms with Gasteiger partial charge in [0.1, 0.15) is 11.5 Å². The normalized spacial score (nSPS) is 10.4. The highest BCUT2D eigenvalue weighted by molar-refractivity contribution is 6.11. The number of anilines is 2. The Morgan fingerprint density at radius 1 is 0.862 bits per heavy atom. The van der Waals surface area contributed by atoms with E-state index in [9.17, 15) is 14.7 Å². The third kappa shape index (κ3) is 4.93. The molecule has 0 fully saturated rings. The minimum atomic E-state index is -0.858. The summed E-state index contributed by atoms with van der Waals surface area (Å²) >= 11 is 0. The fraction of sp³-hybridized carbons (Fsp3) is 0.130. The molecule has 0 spiro atoms. The number of carboxylic acid groups (broad SMARTS) is 1. The van der Waals surface area contributed by atoms with E-state index >= 15 is 0 Å². The number of carboxylic acids is 1. The first-order valence-electron chi connectivity index (χ1n) is 9.06. The number of ether oxygens (including phenoxy) is 1. The van der Waals surface area contributed by atoms with Crippen molar-refractivity contribution in [3.8, 4) is 11.5 Å². The number of carbonyl (C=O) groups excluding carboxylic acids is 1. The first-order chi connectivity index (χ1) is 14.0. The third-order valence-corrected chi connectivity index (χ3v) is 4.47. The Morgan fingerprint density at radius 2 is 1.41 bits per heavy atom. The van der Waals surface area contributed by atoms with Crippen LogP contribution in [0.25, 0.3) is 0 Å². The topological polar surface area (TPSA) is 87.1 Å². The van der Waals surface area contributed by atoms with E-state index in [1.54, 1.807) is 72.7 Å². The number of hydrogen-bond donors (Lipinski definition) is 2. The summed E-state index contributed by atoms with van der Waals surface area (Å²) in [5.74, 6) is -0.317. The molecule has 0 radical (unpaired) electrons. The fourth-order valence-electron chi connectivity index (χ4n) is 2.91. The number of nitrogens with zero attached hydrogens (tertiary/aromatic N) is 1. The summed E-state index contributed by atoms with van der Waals surface area (Å²) in [5, 5.41) is 18.4. The number of aromatic hydroxyl groups is 1. The molecule has 0 aliphatic rings. The summed E-state index contributed by atoms with van der Waals surface area (Å²) in [7, 11) is 1.57. The van der Waals surface area contributed by atoms with Crippen LogP contribution in [0.4, 0.5) is 11.4 Å². The molecular formula is C23H21NO5. The van der Waals surface area contributed by atoms with Gasteiger partial charge in [0.2, 0.25) is 0 Å². The smallest absolute Gasteiger partial charge is 0.303 e. The second-order valence-corrected chi connectivity index (χ2v) is 6.45. The van der Waals surface area contributed by atoms with Gasteiger partial charge in [-0.05, 0) is 72.6 Å². The predicted molar refractivity (Wildman–Crippen MR) is 110 cm³/mol. The van der Waals surface area contributed by atoms with E-state index in [0.717, 1.165) is 5.56 Å². The van der Waals surface area contributed by atoms with Gasteiger partial charge in [-0.1, -0.05) is 12.1 Å². The number of benzene rings is 3. The molecule has 0 bridgehead atoms. The van der Waals surface area contributed by atoms with Gasteiger partial charge in [-0.2, -0.15) is 0 Å². The van der Waals surface area contributed by atoms with Crippen LogP contribution in [-0.4, -0.2) is 29.2 Å². The molecule has 1 amide bonds. The van der Waals surface area contributed by atoms with Crippen LogP contribution in [0.15, 0.2) is 72.8 Å². The fourth-order valence-corrected chi connectivity index (χ4v) is 2.91. The molecule has 3 aromatic rings. The standard InChI is InChI=1S/C23H21NO5/c1-29-21-13-9-19(10-14-21)24(18-7-11-20(25)12-8-18)23(28)17-5-2-16(3-6-17)4-15-22(26)27/h2-3,5-14,25H,4,15H2,1H3,(H,26,27). The molecule has 0 aliphatic heterocycles. The Labute approximate surface area is 168 Å². The second kappa shape index (κ2) is 8.93. The molecule has 3 aromatic carbocycles. The maximum Gasteiger partial charge on any atom is 0.303 e. The van der Waals surface area contributed by atoms with Crippen LogP contribution in [0, 0.1) is 0 Å². The summed E-state index contributed by atoms with van der Waals surface area (Å²) in [5.41, 5.74) is 2.57. The van der Waals surface area contributed by atoms with Gasteiger partial charge < -0.3 is 14.9 Å². The molecule has 0 unspecified atom stereocenters. The number of phenolic OH excluding ortho intramolecular Hbond substituents is 1. The number of methoxy groups -OCH3 is 1. The summed E-state index contributed by atoms with van der Waals surface area (Å²) in [4.78, 5) is 25.6. The lowest BCUT2D eigenvalue weighted by Crippen LogP contribution is -2.25. The summed E-state index contributed by atoms with van der Waals surface area (Å²) in [6.07, 6.45) is 0.447. The molecule has 29 heavy (non-hydrogen) atoms. The van der Waals surface area contributed by atoms with E-state index in [1.165, 1.54) is 12.1 Å². The van der Waals surface area contributed by atoms with Crippen molar-refractivity contribution < 1.29 is 24.5 Å². The maximum atomic E-state index is 13.3. The first kappa shape index (κ1) is 19.9. The number of carbonyl (C=O) groups is 2. The monoisotopic (exact) mass is 391 g/mol. The minimum absolute atomic E-state index is 0.0405. The van der Waals surface area contributed by atoms with E-state index in [0.29, 0.717) is 29.1 Å². The van der Waals surface area contributed by atoms with Gasteiger partial charge in [-0.15, -0.1) is 0 Å². The minimum Gasteiger partial charge on any atom is -0.508 e. The lowest BCUT2D eigenvalue weighted by Gasteiger charge is -2.23. The first-order valence-corrected chi connectivity index (χ1v) is 9.06. The molecule has 0 heterocycles. The van der Waals surface area contributed by atoms with Gasteiger partial charge in [-0.3, -0.25) is 14.5 Å². The molecule has 2 N–H and O–H groups in total. The third-order valence-electron chi connectivity index (χ3n) is 4.47. The van der Waals surface area contributed by atoms with Crippen LogP contribution in [-0.2, 0) is 11.2 Å². The number of rotatable bonds is 7. The van der Waals surface area contributed by atoms with Crippen molar-refractivity contribution in [2.45, 2.75) is 12.8 Å². The Morgan fingerprint density at radius 3 is 1.93 bits per heavy atom. The Balaban J connectivity index is 1.93. The van der Waals surface area contributed by atoms with Gasteiger partial charge in [0.15, 0.2) is 0 Å². The van der Waals surface area contributed by atoms with Crippen LogP contribution in [0.5, 0.6) is 11.5 Å². The highest BCUT2D eigenvalue weighted by atomic mass is 16.5. The number of phenols is 1. The van der Waals surface area contributed by atoms with E-state index in [2.05, 4.69) is 0 Å². The van der Waals surface area contributed by atoms with Gasteiger partial charge in [0.05, 0.1) is 7.11 Å². The average molecular weight is 391 g/mol. The van der Waals surface area contributed by atoms with Crippen LogP contribution in [0.2, 0.25) is 0 Å². The molecule has 0 aliphatic carbocycles. The van der Waals surface area contributed by atoms with Crippen LogP contribution in [0.3, 0.4) is 0 Å². The average Bonchev–Trinajstić information content (AvgIpc) is 2.74. The lowest BCUT2D eigenvalue weighted by atomic mass is 10.1. The van der Waals surface area contributed by atoms with Crippen LogP contribution < -0.4 is 9.64 Å². The summed E-state index contributed by atoms with van der Waals surface area (Å²) in [6, 6.07) is 20.4. The number of aliphatic carboxylic acids is 1. The van der Waals surface area contributed by atoms with E-state index < -0.39 is 5.97 Å². The molecule has 0 aromatic heterocycles. The second-order valence-electron chi connectivity index (χ2n) is 6.45. The zero-order valence-corrected chi connectivity index (χ0v) is 15.9. The van der Waals surface area contributed by atoms with Crippen molar-refractivity contribution in [1.82, 2.24) is 0 Å². The summed E-state index contributed by atoms with van der Waals surface area (Å²) < 4.78 is 5.19. The van der Waals surface area contributed by atoms with E-state index in [1.807, 2.05) is 0 Å². The molecule has 6 nitrogen and oxygen atoms in total. The number of aryl methyl sites for hydroxylation is 1.